The van der Waals surface area contributed by atoms with Crippen LogP contribution >= 0.6 is 0 Å². The molecule has 5 heteroatoms. The summed E-state index contributed by atoms with van der Waals surface area (Å²) in [6, 6.07) is 0. The van der Waals surface area contributed by atoms with E-state index in [2.05, 4.69) is 45.1 Å². The number of hydrogen-bond acceptors (Lipinski definition) is 5. The normalized spacial score (nSPS) is 12.3. The summed E-state index contributed by atoms with van der Waals surface area (Å²) in [5.41, 5.74) is 0. The summed E-state index contributed by atoms with van der Waals surface area (Å²) in [5.74, 6) is -0.401. The fourth-order valence-electron chi connectivity index (χ4n) is 6.90. The minimum absolute atomic E-state index is 0.0849. The standard InChI is InChI=1S/C49H92O5/c1-4-7-10-13-16-19-22-24-26-29-32-35-38-41-44-52-45-47(54-49(51)43-40-37-34-31-27-21-18-15-12-9-6-3)46-53-48(50)42-39-36-33-30-28-25-23-20-17-14-11-8-5-2/h11,14,20,23,47H,4-10,12-13,15-19,21-22,24-46H2,1-3H3/b14-11-,23-20-. The summed E-state index contributed by atoms with van der Waals surface area (Å²) in [4.78, 5) is 25.2. The van der Waals surface area contributed by atoms with Gasteiger partial charge in [-0.25, -0.2) is 0 Å². The molecule has 0 aromatic heterocycles. The molecule has 318 valence electrons. The van der Waals surface area contributed by atoms with Crippen LogP contribution in [0.4, 0.5) is 0 Å². The fraction of sp³-hybridized carbons (Fsp3) is 0.878. The van der Waals surface area contributed by atoms with E-state index in [0.29, 0.717) is 26.1 Å². The van der Waals surface area contributed by atoms with Crippen LogP contribution in [0.15, 0.2) is 24.3 Å². The minimum Gasteiger partial charge on any atom is -0.462 e. The first-order chi connectivity index (χ1) is 26.6. The van der Waals surface area contributed by atoms with Crippen molar-refractivity contribution in [1.29, 1.82) is 0 Å². The van der Waals surface area contributed by atoms with E-state index >= 15 is 0 Å². The van der Waals surface area contributed by atoms with Crippen molar-refractivity contribution < 1.29 is 23.8 Å². The van der Waals surface area contributed by atoms with Gasteiger partial charge in [0.25, 0.3) is 0 Å². The highest BCUT2D eigenvalue weighted by atomic mass is 16.6. The Labute approximate surface area is 337 Å². The third kappa shape index (κ3) is 43.1. The molecule has 0 heterocycles. The van der Waals surface area contributed by atoms with Gasteiger partial charge in [-0.2, -0.15) is 0 Å². The van der Waals surface area contributed by atoms with Gasteiger partial charge in [-0.1, -0.05) is 218 Å². The number of ether oxygens (including phenoxy) is 3. The van der Waals surface area contributed by atoms with Crippen molar-refractivity contribution in [2.45, 2.75) is 258 Å². The van der Waals surface area contributed by atoms with Crippen LogP contribution < -0.4 is 0 Å². The highest BCUT2D eigenvalue weighted by Gasteiger charge is 2.17. The molecule has 0 aromatic carbocycles. The Bertz CT molecular complexity index is 821. The van der Waals surface area contributed by atoms with Crippen LogP contribution in [0.1, 0.15) is 252 Å². The van der Waals surface area contributed by atoms with Crippen molar-refractivity contribution in [2.24, 2.45) is 0 Å². The Morgan fingerprint density at radius 1 is 0.407 bits per heavy atom. The number of allylic oxidation sites excluding steroid dienone is 4. The van der Waals surface area contributed by atoms with Crippen LogP contribution in [0.5, 0.6) is 0 Å². The van der Waals surface area contributed by atoms with Crippen LogP contribution in [0.25, 0.3) is 0 Å². The predicted molar refractivity (Wildman–Crippen MR) is 233 cm³/mol. The molecule has 0 fully saturated rings. The Balaban J connectivity index is 4.23. The molecule has 0 aliphatic carbocycles. The average molecular weight is 761 g/mol. The second kappa shape index (κ2) is 45.8. The number of rotatable bonds is 44. The monoisotopic (exact) mass is 761 g/mol. The van der Waals surface area contributed by atoms with Crippen LogP contribution in [-0.4, -0.2) is 37.9 Å². The molecule has 54 heavy (non-hydrogen) atoms. The van der Waals surface area contributed by atoms with Gasteiger partial charge in [0, 0.05) is 19.4 Å². The van der Waals surface area contributed by atoms with E-state index in [4.69, 9.17) is 14.2 Å². The molecular weight excluding hydrogens is 669 g/mol. The molecule has 0 radical (unpaired) electrons. The molecule has 0 bridgehead atoms. The molecule has 0 aliphatic rings. The average Bonchev–Trinajstić information content (AvgIpc) is 3.17. The van der Waals surface area contributed by atoms with E-state index in [1.807, 2.05) is 0 Å². The molecule has 0 rings (SSSR count). The highest BCUT2D eigenvalue weighted by Crippen LogP contribution is 2.15. The van der Waals surface area contributed by atoms with Crippen LogP contribution in [-0.2, 0) is 23.8 Å². The van der Waals surface area contributed by atoms with Crippen molar-refractivity contribution in [1.82, 2.24) is 0 Å². The van der Waals surface area contributed by atoms with E-state index in [-0.39, 0.29) is 18.5 Å². The number of esters is 2. The maximum Gasteiger partial charge on any atom is 0.306 e. The Morgan fingerprint density at radius 3 is 1.30 bits per heavy atom. The molecule has 0 N–H and O–H groups in total. The lowest BCUT2D eigenvalue weighted by atomic mass is 10.0. The van der Waals surface area contributed by atoms with E-state index in [0.717, 1.165) is 51.4 Å². The first-order valence-corrected chi connectivity index (χ1v) is 23.9. The first kappa shape index (κ1) is 52.4. The fourth-order valence-corrected chi connectivity index (χ4v) is 6.90. The van der Waals surface area contributed by atoms with Crippen LogP contribution in [0.3, 0.4) is 0 Å². The first-order valence-electron chi connectivity index (χ1n) is 23.9. The summed E-state index contributed by atoms with van der Waals surface area (Å²) in [6.07, 6.45) is 51.7. The Morgan fingerprint density at radius 2 is 0.815 bits per heavy atom. The second-order valence-electron chi connectivity index (χ2n) is 16.0. The van der Waals surface area contributed by atoms with Crippen molar-refractivity contribution in [3.05, 3.63) is 24.3 Å². The lowest BCUT2D eigenvalue weighted by molar-refractivity contribution is -0.163. The smallest absolute Gasteiger partial charge is 0.306 e. The molecule has 0 saturated heterocycles. The van der Waals surface area contributed by atoms with Gasteiger partial charge in [-0.15, -0.1) is 0 Å². The van der Waals surface area contributed by atoms with Crippen molar-refractivity contribution in [2.75, 3.05) is 19.8 Å². The number of carbonyl (C=O) groups excluding carboxylic acids is 2. The lowest BCUT2D eigenvalue weighted by Gasteiger charge is -2.18. The summed E-state index contributed by atoms with van der Waals surface area (Å²) < 4.78 is 17.3. The van der Waals surface area contributed by atoms with Gasteiger partial charge in [-0.05, 0) is 44.9 Å². The van der Waals surface area contributed by atoms with E-state index in [1.165, 1.54) is 167 Å². The topological polar surface area (TPSA) is 61.8 Å². The molecule has 0 aliphatic heterocycles. The quantitative estimate of drug-likeness (QED) is 0.0352. The zero-order chi connectivity index (χ0) is 39.3. The van der Waals surface area contributed by atoms with Gasteiger partial charge in [-0.3, -0.25) is 9.59 Å². The number of carbonyl (C=O) groups is 2. The van der Waals surface area contributed by atoms with E-state index < -0.39 is 6.10 Å². The van der Waals surface area contributed by atoms with E-state index in [9.17, 15) is 9.59 Å². The summed E-state index contributed by atoms with van der Waals surface area (Å²) >= 11 is 0. The zero-order valence-corrected chi connectivity index (χ0v) is 36.5. The lowest BCUT2D eigenvalue weighted by Crippen LogP contribution is -2.30. The maximum absolute atomic E-state index is 12.7. The van der Waals surface area contributed by atoms with Gasteiger partial charge >= 0.3 is 11.9 Å². The highest BCUT2D eigenvalue weighted by molar-refractivity contribution is 5.70. The molecule has 0 spiro atoms. The molecule has 5 nitrogen and oxygen atoms in total. The van der Waals surface area contributed by atoms with E-state index in [1.54, 1.807) is 0 Å². The number of unbranched alkanes of at least 4 members (excludes halogenated alkanes) is 29. The van der Waals surface area contributed by atoms with Crippen LogP contribution in [0.2, 0.25) is 0 Å². The Hall–Kier alpha value is -1.62. The van der Waals surface area contributed by atoms with Crippen molar-refractivity contribution >= 4 is 11.9 Å². The van der Waals surface area contributed by atoms with Crippen LogP contribution in [0, 0.1) is 0 Å². The van der Waals surface area contributed by atoms with Gasteiger partial charge < -0.3 is 14.2 Å². The Kier molecular flexibility index (Phi) is 44.4. The van der Waals surface area contributed by atoms with Gasteiger partial charge in [0.15, 0.2) is 6.10 Å². The van der Waals surface area contributed by atoms with Crippen molar-refractivity contribution in [3.63, 3.8) is 0 Å². The predicted octanol–water partition coefficient (Wildman–Crippen LogP) is 15.7. The number of hydrogen-bond donors (Lipinski definition) is 0. The molecule has 1 atom stereocenters. The molecular formula is C49H92O5. The summed E-state index contributed by atoms with van der Waals surface area (Å²) in [6.45, 7) is 7.78. The molecule has 0 aromatic rings. The van der Waals surface area contributed by atoms with Gasteiger partial charge in [0.05, 0.1) is 6.61 Å². The van der Waals surface area contributed by atoms with Crippen molar-refractivity contribution in [3.8, 4) is 0 Å². The third-order valence-corrected chi connectivity index (χ3v) is 10.5. The maximum atomic E-state index is 12.7. The summed E-state index contributed by atoms with van der Waals surface area (Å²) in [5, 5.41) is 0. The van der Waals surface area contributed by atoms with Gasteiger partial charge in [0.1, 0.15) is 6.61 Å². The molecule has 0 amide bonds. The minimum atomic E-state index is -0.531. The molecule has 0 saturated carbocycles. The third-order valence-electron chi connectivity index (χ3n) is 10.5. The largest absolute Gasteiger partial charge is 0.462 e. The van der Waals surface area contributed by atoms with Gasteiger partial charge in [0.2, 0.25) is 0 Å². The second-order valence-corrected chi connectivity index (χ2v) is 16.0. The SMILES string of the molecule is CCC/C=C\C/C=C\CCCCCCCC(=O)OCC(COCCCCCCCCCCCCCCCC)OC(=O)CCCCCCCCCCCCC. The zero-order valence-electron chi connectivity index (χ0n) is 36.5. The summed E-state index contributed by atoms with van der Waals surface area (Å²) in [7, 11) is 0. The molecule has 1 unspecified atom stereocenters.